The molecule has 15 heavy (non-hydrogen) atoms. The van der Waals surface area contributed by atoms with Crippen LogP contribution in [-0.2, 0) is 6.42 Å². The zero-order chi connectivity index (χ0) is 10.7. The van der Waals surface area contributed by atoms with E-state index in [1.807, 2.05) is 18.4 Å². The van der Waals surface area contributed by atoms with Gasteiger partial charge in [0.2, 0.25) is 5.89 Å². The molecular formula is C10H13N3OS. The molecule has 0 aliphatic carbocycles. The number of thiophene rings is 1. The van der Waals surface area contributed by atoms with Crippen molar-refractivity contribution in [1.82, 2.24) is 10.1 Å². The van der Waals surface area contributed by atoms with Crippen LogP contribution in [0.3, 0.4) is 0 Å². The second-order valence-electron chi connectivity index (χ2n) is 3.44. The van der Waals surface area contributed by atoms with E-state index in [0.717, 1.165) is 0 Å². The summed E-state index contributed by atoms with van der Waals surface area (Å²) in [7, 11) is 0. The fourth-order valence-corrected chi connectivity index (χ4v) is 1.90. The van der Waals surface area contributed by atoms with Gasteiger partial charge in [0.05, 0.1) is 6.42 Å². The summed E-state index contributed by atoms with van der Waals surface area (Å²) in [6, 6.07) is 4.07. The summed E-state index contributed by atoms with van der Waals surface area (Å²) < 4.78 is 5.15. The minimum atomic E-state index is 0.158. The van der Waals surface area contributed by atoms with Crippen LogP contribution in [0.5, 0.6) is 0 Å². The number of nitrogens with two attached hydrogens (primary N) is 1. The molecule has 80 valence electrons. The average molecular weight is 223 g/mol. The lowest BCUT2D eigenvalue weighted by atomic mass is 10.2. The van der Waals surface area contributed by atoms with Crippen LogP contribution in [0.2, 0.25) is 0 Å². The molecular weight excluding hydrogens is 210 g/mol. The summed E-state index contributed by atoms with van der Waals surface area (Å²) in [5.74, 6) is 1.52. The Hall–Kier alpha value is -1.20. The lowest BCUT2D eigenvalue weighted by molar-refractivity contribution is 0.377. The first kappa shape index (κ1) is 10.3. The van der Waals surface area contributed by atoms with Crippen LogP contribution in [0.15, 0.2) is 22.0 Å². The summed E-state index contributed by atoms with van der Waals surface area (Å²) in [5.41, 5.74) is 5.53. The van der Waals surface area contributed by atoms with Gasteiger partial charge >= 0.3 is 0 Å². The van der Waals surface area contributed by atoms with Gasteiger partial charge < -0.3 is 10.3 Å². The first-order chi connectivity index (χ1) is 7.29. The molecule has 0 saturated carbocycles. The van der Waals surface area contributed by atoms with Crippen molar-refractivity contribution in [3.63, 3.8) is 0 Å². The van der Waals surface area contributed by atoms with Crippen LogP contribution in [-0.4, -0.2) is 16.7 Å². The maximum atomic E-state index is 5.53. The van der Waals surface area contributed by atoms with Gasteiger partial charge in [-0.15, -0.1) is 11.3 Å². The molecule has 2 heterocycles. The maximum Gasteiger partial charge on any atom is 0.231 e. The summed E-state index contributed by atoms with van der Waals surface area (Å²) in [4.78, 5) is 5.53. The van der Waals surface area contributed by atoms with Crippen molar-refractivity contribution in [1.29, 1.82) is 0 Å². The van der Waals surface area contributed by atoms with Crippen LogP contribution in [0, 0.1) is 0 Å². The zero-order valence-corrected chi connectivity index (χ0v) is 9.33. The van der Waals surface area contributed by atoms with E-state index in [4.69, 9.17) is 10.3 Å². The minimum absolute atomic E-state index is 0.158. The highest BCUT2D eigenvalue weighted by Crippen LogP contribution is 2.15. The van der Waals surface area contributed by atoms with Gasteiger partial charge in [0.1, 0.15) is 0 Å². The van der Waals surface area contributed by atoms with Gasteiger partial charge in [-0.25, -0.2) is 0 Å². The van der Waals surface area contributed by atoms with Crippen molar-refractivity contribution in [3.05, 3.63) is 34.1 Å². The van der Waals surface area contributed by atoms with E-state index in [-0.39, 0.29) is 5.92 Å². The van der Waals surface area contributed by atoms with Gasteiger partial charge in [-0.1, -0.05) is 18.1 Å². The molecule has 1 atom stereocenters. The molecule has 4 nitrogen and oxygen atoms in total. The highest BCUT2D eigenvalue weighted by Gasteiger charge is 2.12. The van der Waals surface area contributed by atoms with Gasteiger partial charge in [-0.3, -0.25) is 0 Å². The first-order valence-electron chi connectivity index (χ1n) is 4.84. The van der Waals surface area contributed by atoms with Crippen molar-refractivity contribution >= 4 is 11.3 Å². The molecule has 0 fully saturated rings. The Morgan fingerprint density at radius 3 is 3.13 bits per heavy atom. The van der Waals surface area contributed by atoms with E-state index in [1.165, 1.54) is 4.88 Å². The molecule has 0 amide bonds. The molecule has 2 aromatic heterocycles. The third kappa shape index (κ3) is 2.43. The Morgan fingerprint density at radius 1 is 1.60 bits per heavy atom. The van der Waals surface area contributed by atoms with Crippen molar-refractivity contribution in [2.24, 2.45) is 5.73 Å². The molecule has 0 aliphatic rings. The van der Waals surface area contributed by atoms with Crippen molar-refractivity contribution in [3.8, 4) is 0 Å². The molecule has 2 rings (SSSR count). The van der Waals surface area contributed by atoms with Crippen LogP contribution in [0.25, 0.3) is 0 Å². The Kier molecular flexibility index (Phi) is 3.13. The molecule has 0 aromatic carbocycles. The topological polar surface area (TPSA) is 64.9 Å². The van der Waals surface area contributed by atoms with E-state index >= 15 is 0 Å². The summed E-state index contributed by atoms with van der Waals surface area (Å²) >= 11 is 1.69. The second-order valence-corrected chi connectivity index (χ2v) is 4.47. The summed E-state index contributed by atoms with van der Waals surface area (Å²) in [6.07, 6.45) is 0.710. The largest absolute Gasteiger partial charge is 0.339 e. The Morgan fingerprint density at radius 2 is 2.47 bits per heavy atom. The lowest BCUT2D eigenvalue weighted by Crippen LogP contribution is -2.10. The standard InChI is InChI=1S/C10H13N3OS/c1-7(6-11)10-12-9(14-13-10)5-8-3-2-4-15-8/h2-4,7H,5-6,11H2,1H3. The maximum absolute atomic E-state index is 5.53. The Bertz CT molecular complexity index is 410. The quantitative estimate of drug-likeness (QED) is 0.858. The predicted molar refractivity (Wildman–Crippen MR) is 58.9 cm³/mol. The van der Waals surface area contributed by atoms with Gasteiger partial charge in [0, 0.05) is 17.3 Å². The summed E-state index contributed by atoms with van der Waals surface area (Å²) in [5, 5.41) is 5.94. The fourth-order valence-electron chi connectivity index (χ4n) is 1.21. The average Bonchev–Trinajstić information content (AvgIpc) is 2.88. The Labute approximate surface area is 92.1 Å². The number of hydrogen-bond acceptors (Lipinski definition) is 5. The van der Waals surface area contributed by atoms with Crippen LogP contribution in [0.1, 0.15) is 29.4 Å². The van der Waals surface area contributed by atoms with Gasteiger partial charge in [-0.05, 0) is 11.4 Å². The number of aromatic nitrogens is 2. The van der Waals surface area contributed by atoms with Crippen molar-refractivity contribution in [2.75, 3.05) is 6.54 Å². The zero-order valence-electron chi connectivity index (χ0n) is 8.51. The van der Waals surface area contributed by atoms with E-state index in [0.29, 0.717) is 24.7 Å². The molecule has 1 unspecified atom stereocenters. The molecule has 2 aromatic rings. The van der Waals surface area contributed by atoms with Gasteiger partial charge in [0.15, 0.2) is 5.82 Å². The predicted octanol–water partition coefficient (Wildman–Crippen LogP) is 1.78. The van der Waals surface area contributed by atoms with Gasteiger partial charge in [-0.2, -0.15) is 4.98 Å². The fraction of sp³-hybridized carbons (Fsp3) is 0.400. The normalized spacial score (nSPS) is 12.9. The van der Waals surface area contributed by atoms with E-state index in [2.05, 4.69) is 16.2 Å². The lowest BCUT2D eigenvalue weighted by Gasteiger charge is -1.98. The summed E-state index contributed by atoms with van der Waals surface area (Å²) in [6.45, 7) is 2.53. The SMILES string of the molecule is CC(CN)c1noc(Cc2cccs2)n1. The minimum Gasteiger partial charge on any atom is -0.339 e. The Balaban J connectivity index is 2.07. The monoisotopic (exact) mass is 223 g/mol. The third-order valence-electron chi connectivity index (χ3n) is 2.18. The third-order valence-corrected chi connectivity index (χ3v) is 3.06. The molecule has 0 aliphatic heterocycles. The first-order valence-corrected chi connectivity index (χ1v) is 5.72. The molecule has 0 spiro atoms. The van der Waals surface area contributed by atoms with Crippen LogP contribution in [0.4, 0.5) is 0 Å². The molecule has 0 radical (unpaired) electrons. The number of nitrogens with zero attached hydrogens (tertiary/aromatic N) is 2. The van der Waals surface area contributed by atoms with Crippen molar-refractivity contribution in [2.45, 2.75) is 19.3 Å². The highest BCUT2D eigenvalue weighted by atomic mass is 32.1. The number of hydrogen-bond donors (Lipinski definition) is 1. The molecule has 2 N–H and O–H groups in total. The molecule has 0 bridgehead atoms. The van der Waals surface area contributed by atoms with E-state index in [9.17, 15) is 0 Å². The second kappa shape index (κ2) is 4.55. The highest BCUT2D eigenvalue weighted by molar-refractivity contribution is 7.09. The van der Waals surface area contributed by atoms with Crippen molar-refractivity contribution < 1.29 is 4.52 Å². The van der Waals surface area contributed by atoms with Crippen LogP contribution >= 0.6 is 11.3 Å². The van der Waals surface area contributed by atoms with E-state index in [1.54, 1.807) is 11.3 Å². The van der Waals surface area contributed by atoms with Crippen LogP contribution < -0.4 is 5.73 Å². The van der Waals surface area contributed by atoms with Gasteiger partial charge in [0.25, 0.3) is 0 Å². The molecule has 0 saturated heterocycles. The number of rotatable bonds is 4. The molecule has 5 heteroatoms. The smallest absolute Gasteiger partial charge is 0.231 e. The van der Waals surface area contributed by atoms with E-state index < -0.39 is 0 Å².